The maximum absolute atomic E-state index is 13.7. The van der Waals surface area contributed by atoms with Crippen molar-refractivity contribution < 1.29 is 22.3 Å². The zero-order valence-electron chi connectivity index (χ0n) is 15.9. The molecule has 0 spiro atoms. The third kappa shape index (κ3) is 4.07. The highest BCUT2D eigenvalue weighted by molar-refractivity contribution is 7.99. The van der Waals surface area contributed by atoms with Gasteiger partial charge in [-0.05, 0) is 36.2 Å². The van der Waals surface area contributed by atoms with Crippen LogP contribution in [-0.4, -0.2) is 55.3 Å². The molecule has 1 amide bonds. The summed E-state index contributed by atoms with van der Waals surface area (Å²) in [6.07, 6.45) is 2.13. The van der Waals surface area contributed by atoms with E-state index in [0.717, 1.165) is 16.2 Å². The molecule has 1 atom stereocenters. The molecule has 3 heterocycles. The number of aromatic nitrogens is 1. The number of benzene rings is 1. The molecule has 1 aromatic carbocycles. The highest BCUT2D eigenvalue weighted by atomic mass is 32.2. The Kier molecular flexibility index (Phi) is 5.69. The number of aryl methyl sites for hydroxylation is 1. The number of carbonyl (C=O) groups excluding carboxylic acids is 1. The van der Waals surface area contributed by atoms with E-state index in [-0.39, 0.29) is 28.4 Å². The summed E-state index contributed by atoms with van der Waals surface area (Å²) in [5.41, 5.74) is 0.998. The van der Waals surface area contributed by atoms with Crippen molar-refractivity contribution in [3.05, 3.63) is 47.5 Å². The Labute approximate surface area is 173 Å². The number of sulfonamides is 1. The van der Waals surface area contributed by atoms with Crippen molar-refractivity contribution in [3.8, 4) is 0 Å². The van der Waals surface area contributed by atoms with Gasteiger partial charge in [0.05, 0.1) is 19.3 Å². The van der Waals surface area contributed by atoms with Gasteiger partial charge in [-0.3, -0.25) is 4.79 Å². The summed E-state index contributed by atoms with van der Waals surface area (Å²) in [7, 11) is -2.05. The highest BCUT2D eigenvalue weighted by Gasteiger charge is 2.30. The number of morpholine rings is 1. The molecule has 2 aliphatic rings. The number of halogens is 1. The molecule has 10 heteroatoms. The molecule has 0 aliphatic carbocycles. The lowest BCUT2D eigenvalue weighted by atomic mass is 10.0. The summed E-state index contributed by atoms with van der Waals surface area (Å²) in [6, 6.07) is 5.67. The van der Waals surface area contributed by atoms with E-state index in [4.69, 9.17) is 4.74 Å². The number of rotatable bonds is 4. The third-order valence-electron chi connectivity index (χ3n) is 5.14. The first-order valence-electron chi connectivity index (χ1n) is 9.33. The molecule has 1 fully saturated rings. The van der Waals surface area contributed by atoms with Crippen LogP contribution < -0.4 is 5.32 Å². The lowest BCUT2D eigenvalue weighted by Gasteiger charge is -2.26. The number of hydrogen-bond acceptors (Lipinski definition) is 5. The van der Waals surface area contributed by atoms with E-state index in [1.165, 1.54) is 33.3 Å². The molecule has 0 saturated carbocycles. The zero-order valence-corrected chi connectivity index (χ0v) is 17.6. The maximum atomic E-state index is 13.7. The van der Waals surface area contributed by atoms with Crippen molar-refractivity contribution in [2.45, 2.75) is 22.3 Å². The van der Waals surface area contributed by atoms with Gasteiger partial charge in [-0.1, -0.05) is 0 Å². The largest absolute Gasteiger partial charge is 0.379 e. The van der Waals surface area contributed by atoms with Gasteiger partial charge in [0.15, 0.2) is 0 Å². The van der Waals surface area contributed by atoms with Crippen LogP contribution in [0.25, 0.3) is 0 Å². The maximum Gasteiger partial charge on any atom is 0.268 e. The molecule has 0 bridgehead atoms. The fourth-order valence-electron chi connectivity index (χ4n) is 3.58. The number of thioether (sulfide) groups is 1. The van der Waals surface area contributed by atoms with Gasteiger partial charge in [-0.2, -0.15) is 4.31 Å². The van der Waals surface area contributed by atoms with Gasteiger partial charge >= 0.3 is 0 Å². The highest BCUT2D eigenvalue weighted by Crippen LogP contribution is 2.36. The van der Waals surface area contributed by atoms with E-state index in [2.05, 4.69) is 5.32 Å². The van der Waals surface area contributed by atoms with Gasteiger partial charge in [-0.15, -0.1) is 11.8 Å². The van der Waals surface area contributed by atoms with Crippen LogP contribution in [0.1, 0.15) is 28.5 Å². The Balaban J connectivity index is 1.56. The molecule has 0 radical (unpaired) electrons. The average molecular weight is 440 g/mol. The second kappa shape index (κ2) is 8.10. The number of nitrogens with zero attached hydrogens (tertiary/aromatic N) is 2. The van der Waals surface area contributed by atoms with E-state index >= 15 is 0 Å². The number of fused-ring (bicyclic) bond motifs is 1. The Morgan fingerprint density at radius 2 is 2.03 bits per heavy atom. The van der Waals surface area contributed by atoms with Crippen LogP contribution in [0.15, 0.2) is 40.3 Å². The fraction of sp³-hybridized carbons (Fsp3) is 0.421. The number of hydrogen-bond donors (Lipinski definition) is 1. The van der Waals surface area contributed by atoms with Crippen LogP contribution in [0.4, 0.5) is 4.39 Å². The van der Waals surface area contributed by atoms with Crippen LogP contribution in [0.3, 0.4) is 0 Å². The summed E-state index contributed by atoms with van der Waals surface area (Å²) in [6.45, 7) is 1.30. The minimum absolute atomic E-state index is 0.0812. The molecule has 1 saturated heterocycles. The summed E-state index contributed by atoms with van der Waals surface area (Å²) in [4.78, 5) is 13.9. The average Bonchev–Trinajstić information content (AvgIpc) is 3.12. The second-order valence-corrected chi connectivity index (χ2v) is 10.1. The van der Waals surface area contributed by atoms with Crippen LogP contribution in [0.2, 0.25) is 0 Å². The smallest absolute Gasteiger partial charge is 0.268 e. The number of carbonyl (C=O) groups is 1. The van der Waals surface area contributed by atoms with Crippen LogP contribution >= 0.6 is 11.8 Å². The van der Waals surface area contributed by atoms with Gasteiger partial charge in [0, 0.05) is 37.0 Å². The molecular weight excluding hydrogens is 417 g/mol. The molecule has 1 N–H and O–H groups in total. The van der Waals surface area contributed by atoms with Gasteiger partial charge < -0.3 is 14.6 Å². The number of amides is 1. The lowest BCUT2D eigenvalue weighted by Crippen LogP contribution is -2.40. The quantitative estimate of drug-likeness (QED) is 0.790. The monoisotopic (exact) mass is 439 g/mol. The first-order valence-corrected chi connectivity index (χ1v) is 11.8. The predicted molar refractivity (Wildman–Crippen MR) is 107 cm³/mol. The standard InChI is InChI=1S/C19H22FN3O4S2/c1-22-12-14(29(25,26)23-5-7-27-8-6-23)11-17(22)19(24)21-16-4-9-28-18-3-2-13(20)10-15(16)18/h2-3,10-12,16H,4-9H2,1H3,(H,21,24)/t16-/m1/s1. The summed E-state index contributed by atoms with van der Waals surface area (Å²) >= 11 is 1.63. The molecule has 156 valence electrons. The Hall–Kier alpha value is -1.88. The van der Waals surface area contributed by atoms with Gasteiger partial charge in [0.2, 0.25) is 10.0 Å². The van der Waals surface area contributed by atoms with Gasteiger partial charge in [0.25, 0.3) is 5.91 Å². The van der Waals surface area contributed by atoms with Crippen molar-refractivity contribution in [3.63, 3.8) is 0 Å². The normalized spacial score (nSPS) is 20.3. The van der Waals surface area contributed by atoms with Crippen LogP contribution in [0.5, 0.6) is 0 Å². The lowest BCUT2D eigenvalue weighted by molar-refractivity contribution is 0.0730. The fourth-order valence-corrected chi connectivity index (χ4v) is 6.17. The van der Waals surface area contributed by atoms with Crippen molar-refractivity contribution in [1.82, 2.24) is 14.2 Å². The van der Waals surface area contributed by atoms with Crippen LogP contribution in [0, 0.1) is 5.82 Å². The van der Waals surface area contributed by atoms with Crippen LogP contribution in [-0.2, 0) is 21.8 Å². The molecule has 4 rings (SSSR count). The van der Waals surface area contributed by atoms with E-state index in [1.54, 1.807) is 24.9 Å². The number of nitrogens with one attached hydrogen (secondary N) is 1. The minimum Gasteiger partial charge on any atom is -0.379 e. The molecule has 2 aliphatic heterocycles. The first-order chi connectivity index (χ1) is 13.9. The minimum atomic E-state index is -3.68. The molecule has 1 aromatic heterocycles. The van der Waals surface area contributed by atoms with E-state index in [9.17, 15) is 17.6 Å². The Morgan fingerprint density at radius 1 is 1.28 bits per heavy atom. The Bertz CT molecular complexity index is 1030. The molecule has 2 aromatic rings. The summed E-state index contributed by atoms with van der Waals surface area (Å²) in [5.74, 6) is 0.0826. The summed E-state index contributed by atoms with van der Waals surface area (Å²) < 4.78 is 47.5. The molecule has 0 unspecified atom stereocenters. The summed E-state index contributed by atoms with van der Waals surface area (Å²) in [5, 5.41) is 2.94. The predicted octanol–water partition coefficient (Wildman–Crippen LogP) is 2.15. The first kappa shape index (κ1) is 20.4. The third-order valence-corrected chi connectivity index (χ3v) is 8.12. The van der Waals surface area contributed by atoms with Crippen molar-refractivity contribution in [1.29, 1.82) is 0 Å². The van der Waals surface area contributed by atoms with Gasteiger partial charge in [0.1, 0.15) is 16.4 Å². The Morgan fingerprint density at radius 3 is 2.79 bits per heavy atom. The number of ether oxygens (including phenoxy) is 1. The zero-order chi connectivity index (χ0) is 20.6. The second-order valence-electron chi connectivity index (χ2n) is 7.03. The van der Waals surface area contributed by atoms with Crippen molar-refractivity contribution in [2.75, 3.05) is 32.1 Å². The van der Waals surface area contributed by atoms with E-state index in [0.29, 0.717) is 32.7 Å². The van der Waals surface area contributed by atoms with E-state index in [1.807, 2.05) is 0 Å². The molecule has 29 heavy (non-hydrogen) atoms. The molecule has 7 nitrogen and oxygen atoms in total. The van der Waals surface area contributed by atoms with Gasteiger partial charge in [-0.25, -0.2) is 12.8 Å². The topological polar surface area (TPSA) is 80.6 Å². The van der Waals surface area contributed by atoms with E-state index < -0.39 is 10.0 Å². The van der Waals surface area contributed by atoms with Crippen molar-refractivity contribution in [2.24, 2.45) is 7.05 Å². The van der Waals surface area contributed by atoms with Crippen molar-refractivity contribution >= 4 is 27.7 Å². The molecular formula is C19H22FN3O4S2. The SMILES string of the molecule is Cn1cc(S(=O)(=O)N2CCOCC2)cc1C(=O)N[C@@H]1CCSc2ccc(F)cc21.